The zero-order valence-electron chi connectivity index (χ0n) is 24.7. The molecule has 6 nitrogen and oxygen atoms in total. The summed E-state index contributed by atoms with van der Waals surface area (Å²) in [6.07, 6.45) is -1.16. The molecule has 0 spiro atoms. The maximum atomic E-state index is 7.44. The van der Waals surface area contributed by atoms with Gasteiger partial charge in [-0.25, -0.2) is 0 Å². The van der Waals surface area contributed by atoms with Crippen LogP contribution in [0.15, 0.2) is 30.3 Å². The Balaban J connectivity index is 2.16. The summed E-state index contributed by atoms with van der Waals surface area (Å²) in [6.45, 7) is 22.8. The van der Waals surface area contributed by atoms with E-state index >= 15 is 0 Å². The smallest absolute Gasteiger partial charge is 0.335 e. The van der Waals surface area contributed by atoms with Crippen LogP contribution in [0.1, 0.15) is 74.8 Å². The highest BCUT2D eigenvalue weighted by Gasteiger charge is 2.65. The molecule has 1 aromatic carbocycles. The minimum Gasteiger partial charge on any atom is -0.414 e. The van der Waals surface area contributed by atoms with Gasteiger partial charge in [-0.05, 0) is 55.7 Å². The molecule has 206 valence electrons. The van der Waals surface area contributed by atoms with Gasteiger partial charge < -0.3 is 27.3 Å². The maximum Gasteiger partial charge on any atom is 0.335 e. The maximum absolute atomic E-state index is 7.44. The van der Waals surface area contributed by atoms with Gasteiger partial charge in [0, 0.05) is 0 Å². The van der Waals surface area contributed by atoms with Gasteiger partial charge >= 0.3 is 17.1 Å². The van der Waals surface area contributed by atoms with Crippen molar-refractivity contribution in [2.75, 3.05) is 14.1 Å². The number of fused-ring (bicyclic) bond motifs is 1. The number of nitrogens with zero attached hydrogens (tertiary/aromatic N) is 1. The van der Waals surface area contributed by atoms with Gasteiger partial charge in [0.1, 0.15) is 6.10 Å². The van der Waals surface area contributed by atoms with E-state index in [1.807, 2.05) is 18.2 Å². The fraction of sp³-hybridized carbons (Fsp3) is 0.786. The second-order valence-corrected chi connectivity index (χ2v) is 21.4. The van der Waals surface area contributed by atoms with E-state index in [1.165, 1.54) is 0 Å². The Morgan fingerprint density at radius 1 is 0.806 bits per heavy atom. The molecule has 0 saturated carbocycles. The lowest BCUT2D eigenvalue weighted by molar-refractivity contribution is -0.306. The summed E-state index contributed by atoms with van der Waals surface area (Å²) in [5.41, 5.74) is 1.68. The lowest BCUT2D eigenvalue weighted by Gasteiger charge is -2.53. The molecule has 0 radical (unpaired) electrons. The molecule has 2 saturated heterocycles. The average Bonchev–Trinajstić information content (AvgIpc) is 2.94. The predicted octanol–water partition coefficient (Wildman–Crippen LogP) is 6.59. The number of ether oxygens (including phenoxy) is 2. The molecule has 0 N–H and O–H groups in total. The summed E-state index contributed by atoms with van der Waals surface area (Å²) < 4.78 is 35.4. The topological polar surface area (TPSA) is 49.4 Å². The van der Waals surface area contributed by atoms with Gasteiger partial charge in [0.2, 0.25) is 0 Å². The van der Waals surface area contributed by atoms with E-state index in [2.05, 4.69) is 100 Å². The first-order valence-electron chi connectivity index (χ1n) is 13.7. The largest absolute Gasteiger partial charge is 0.414 e. The standard InChI is InChI=1S/C28H51NO5Si2/c1-19(2)35(20(3)4)32-24-25(33-36(34-35,21(5)6)22(7)8)27(30-18-23-16-14-13-15-17-23)31-28(9,10)26(24)29(11)12/h13-17,19-22,24-27H,18H2,1-12H3/t24-,25+,26-,27+/m0/s1. The summed E-state index contributed by atoms with van der Waals surface area (Å²) in [4.78, 5) is 2.23. The third-order valence-corrected chi connectivity index (χ3v) is 18.3. The van der Waals surface area contributed by atoms with Gasteiger partial charge in [0.15, 0.2) is 6.29 Å². The van der Waals surface area contributed by atoms with Crippen LogP contribution < -0.4 is 0 Å². The fourth-order valence-electron chi connectivity index (χ4n) is 6.29. The number of rotatable bonds is 8. The average molecular weight is 538 g/mol. The lowest BCUT2D eigenvalue weighted by atomic mass is 9.86. The van der Waals surface area contributed by atoms with Gasteiger partial charge in [-0.1, -0.05) is 85.7 Å². The third kappa shape index (κ3) is 5.57. The molecule has 3 rings (SSSR count). The van der Waals surface area contributed by atoms with Gasteiger partial charge in [0.25, 0.3) is 0 Å². The Bertz CT molecular complexity index is 830. The first kappa shape index (κ1) is 30.0. The monoisotopic (exact) mass is 537 g/mol. The number of hydrogen-bond acceptors (Lipinski definition) is 6. The van der Waals surface area contributed by atoms with E-state index in [0.717, 1.165) is 5.56 Å². The first-order chi connectivity index (χ1) is 16.7. The highest BCUT2D eigenvalue weighted by atomic mass is 28.5. The number of likely N-dealkylation sites (N-methyl/N-ethyl adjacent to an activating group) is 1. The fourth-order valence-corrected chi connectivity index (χ4v) is 17.6. The molecular weight excluding hydrogens is 486 g/mol. The zero-order chi connectivity index (χ0) is 27.1. The van der Waals surface area contributed by atoms with E-state index in [0.29, 0.717) is 6.61 Å². The Morgan fingerprint density at radius 2 is 1.28 bits per heavy atom. The lowest BCUT2D eigenvalue weighted by Crippen LogP contribution is -2.69. The molecule has 2 fully saturated rings. The number of hydrogen-bond donors (Lipinski definition) is 0. The Kier molecular flexibility index (Phi) is 9.37. The van der Waals surface area contributed by atoms with Crippen molar-refractivity contribution in [1.82, 2.24) is 4.90 Å². The molecule has 4 atom stereocenters. The number of benzene rings is 1. The van der Waals surface area contributed by atoms with Crippen LogP contribution in [0.25, 0.3) is 0 Å². The minimum absolute atomic E-state index is 0.0174. The van der Waals surface area contributed by atoms with Crippen LogP contribution in [0.3, 0.4) is 0 Å². The molecule has 2 heterocycles. The molecule has 1 aromatic rings. The Morgan fingerprint density at radius 3 is 1.72 bits per heavy atom. The summed E-state index contributed by atoms with van der Waals surface area (Å²) in [7, 11) is -1.27. The molecule has 0 bridgehead atoms. The molecule has 0 unspecified atom stereocenters. The van der Waals surface area contributed by atoms with Crippen molar-refractivity contribution in [1.29, 1.82) is 0 Å². The quantitative estimate of drug-likeness (QED) is 0.349. The summed E-state index contributed by atoms with van der Waals surface area (Å²) in [5.74, 6) is 0. The second kappa shape index (κ2) is 11.3. The van der Waals surface area contributed by atoms with Crippen molar-refractivity contribution in [3.05, 3.63) is 35.9 Å². The molecular formula is C28H51NO5Si2. The SMILES string of the molecule is CC(C)[Si]1(C(C)C)O[C@H]2[C@H](OCc3ccccc3)OC(C)(C)[C@@H](N(C)C)[C@H]2O[Si](C(C)C)(C(C)C)O1. The van der Waals surface area contributed by atoms with Crippen molar-refractivity contribution in [3.63, 3.8) is 0 Å². The predicted molar refractivity (Wildman–Crippen MR) is 150 cm³/mol. The molecule has 0 amide bonds. The second-order valence-electron chi connectivity index (χ2n) is 12.6. The van der Waals surface area contributed by atoms with Crippen molar-refractivity contribution >= 4 is 17.1 Å². The third-order valence-electron chi connectivity index (χ3n) is 8.03. The minimum atomic E-state index is -2.76. The van der Waals surface area contributed by atoms with Crippen LogP contribution >= 0.6 is 0 Å². The van der Waals surface area contributed by atoms with Crippen LogP contribution in [0, 0.1) is 0 Å². The summed E-state index contributed by atoms with van der Waals surface area (Å²) >= 11 is 0. The van der Waals surface area contributed by atoms with Crippen molar-refractivity contribution in [2.24, 2.45) is 0 Å². The van der Waals surface area contributed by atoms with E-state index < -0.39 is 29.0 Å². The van der Waals surface area contributed by atoms with Crippen LogP contribution in [0.4, 0.5) is 0 Å². The summed E-state index contributed by atoms with van der Waals surface area (Å²) in [5, 5.41) is 0. The van der Waals surface area contributed by atoms with E-state index in [9.17, 15) is 0 Å². The van der Waals surface area contributed by atoms with E-state index in [4.69, 9.17) is 22.4 Å². The first-order valence-corrected chi connectivity index (χ1v) is 17.7. The van der Waals surface area contributed by atoms with E-state index in [1.54, 1.807) is 0 Å². The molecule has 0 aliphatic carbocycles. The van der Waals surface area contributed by atoms with Gasteiger partial charge in [-0.3, -0.25) is 0 Å². The molecule has 2 aliphatic heterocycles. The highest BCUT2D eigenvalue weighted by Crippen LogP contribution is 2.51. The highest BCUT2D eigenvalue weighted by molar-refractivity contribution is 6.84. The molecule has 2 aliphatic rings. The Labute approximate surface area is 222 Å². The van der Waals surface area contributed by atoms with Gasteiger partial charge in [-0.2, -0.15) is 0 Å². The molecule has 36 heavy (non-hydrogen) atoms. The van der Waals surface area contributed by atoms with Crippen molar-refractivity contribution in [3.8, 4) is 0 Å². The van der Waals surface area contributed by atoms with Crippen LogP contribution in [-0.2, 0) is 29.0 Å². The van der Waals surface area contributed by atoms with Gasteiger partial charge in [-0.15, -0.1) is 0 Å². The van der Waals surface area contributed by atoms with Crippen LogP contribution in [-0.4, -0.2) is 66.3 Å². The van der Waals surface area contributed by atoms with Crippen molar-refractivity contribution < 1.29 is 22.4 Å². The molecule has 0 aromatic heterocycles. The summed E-state index contributed by atoms with van der Waals surface area (Å²) in [6, 6.07) is 10.2. The Hall–Kier alpha value is -0.586. The van der Waals surface area contributed by atoms with Crippen molar-refractivity contribution in [2.45, 2.75) is 128 Å². The van der Waals surface area contributed by atoms with Crippen LogP contribution in [0.5, 0.6) is 0 Å². The molecule has 8 heteroatoms. The van der Waals surface area contributed by atoms with Gasteiger partial charge in [0.05, 0.1) is 24.4 Å². The zero-order valence-corrected chi connectivity index (χ0v) is 26.7. The van der Waals surface area contributed by atoms with Crippen LogP contribution in [0.2, 0.25) is 22.2 Å². The van der Waals surface area contributed by atoms with E-state index in [-0.39, 0.29) is 40.4 Å². The normalized spacial score (nSPS) is 29.7.